The van der Waals surface area contributed by atoms with Gasteiger partial charge in [0.2, 0.25) is 0 Å². The van der Waals surface area contributed by atoms with E-state index in [4.69, 9.17) is 5.73 Å². The van der Waals surface area contributed by atoms with Crippen LogP contribution >= 0.6 is 15.9 Å². The Morgan fingerprint density at radius 2 is 2.22 bits per heavy atom. The molecule has 2 N–H and O–H groups in total. The van der Waals surface area contributed by atoms with Gasteiger partial charge in [-0.3, -0.25) is 0 Å². The molecule has 2 atom stereocenters. The molecular formula is C15H21BrFN. The quantitative estimate of drug-likeness (QED) is 0.881. The summed E-state index contributed by atoms with van der Waals surface area (Å²) in [5.41, 5.74) is 7.25. The molecule has 1 aromatic rings. The molecule has 2 rings (SSSR count). The highest BCUT2D eigenvalue weighted by molar-refractivity contribution is 9.10. The fraction of sp³-hybridized carbons (Fsp3) is 0.600. The van der Waals surface area contributed by atoms with E-state index in [1.807, 2.05) is 6.07 Å². The van der Waals surface area contributed by atoms with Crippen LogP contribution < -0.4 is 5.73 Å². The van der Waals surface area contributed by atoms with Crippen molar-refractivity contribution in [3.63, 3.8) is 0 Å². The minimum absolute atomic E-state index is 0.170. The average molecular weight is 314 g/mol. The molecule has 3 heteroatoms. The summed E-state index contributed by atoms with van der Waals surface area (Å²) in [4.78, 5) is 0. The van der Waals surface area contributed by atoms with Gasteiger partial charge in [-0.15, -0.1) is 0 Å². The van der Waals surface area contributed by atoms with Crippen molar-refractivity contribution >= 4 is 15.9 Å². The predicted octanol–water partition coefficient (Wildman–Crippen LogP) is 4.29. The Morgan fingerprint density at radius 3 is 2.78 bits per heavy atom. The predicted molar refractivity (Wildman–Crippen MR) is 76.9 cm³/mol. The van der Waals surface area contributed by atoms with Gasteiger partial charge in [-0.25, -0.2) is 4.39 Å². The van der Waals surface area contributed by atoms with Gasteiger partial charge in [-0.1, -0.05) is 29.3 Å². The lowest BCUT2D eigenvalue weighted by Gasteiger charge is -2.28. The van der Waals surface area contributed by atoms with Crippen molar-refractivity contribution in [1.82, 2.24) is 0 Å². The van der Waals surface area contributed by atoms with Gasteiger partial charge < -0.3 is 5.73 Å². The summed E-state index contributed by atoms with van der Waals surface area (Å²) in [6.07, 6.45) is 5.76. The Balaban J connectivity index is 2.15. The highest BCUT2D eigenvalue weighted by Crippen LogP contribution is 2.44. The zero-order valence-electron chi connectivity index (χ0n) is 10.9. The van der Waals surface area contributed by atoms with E-state index in [1.54, 1.807) is 6.07 Å². The Morgan fingerprint density at radius 1 is 1.44 bits per heavy atom. The van der Waals surface area contributed by atoms with E-state index in [-0.39, 0.29) is 11.2 Å². The molecular weight excluding hydrogens is 293 g/mol. The molecule has 1 nitrogen and oxygen atoms in total. The molecule has 1 aromatic carbocycles. The second-order valence-electron chi connectivity index (χ2n) is 5.68. The minimum Gasteiger partial charge on any atom is -0.330 e. The maximum atomic E-state index is 13.4. The van der Waals surface area contributed by atoms with E-state index in [0.717, 1.165) is 22.4 Å². The summed E-state index contributed by atoms with van der Waals surface area (Å²) in [6.45, 7) is 2.95. The first-order valence-electron chi connectivity index (χ1n) is 6.72. The Kier molecular flexibility index (Phi) is 4.44. The molecule has 0 saturated heterocycles. The zero-order valence-corrected chi connectivity index (χ0v) is 12.5. The fourth-order valence-corrected chi connectivity index (χ4v) is 3.75. The van der Waals surface area contributed by atoms with Crippen molar-refractivity contribution in [2.24, 2.45) is 17.1 Å². The van der Waals surface area contributed by atoms with Crippen molar-refractivity contribution < 1.29 is 4.39 Å². The van der Waals surface area contributed by atoms with Gasteiger partial charge in [0, 0.05) is 4.47 Å². The summed E-state index contributed by atoms with van der Waals surface area (Å²) in [7, 11) is 0. The lowest BCUT2D eigenvalue weighted by molar-refractivity contribution is 0.290. The van der Waals surface area contributed by atoms with Gasteiger partial charge in [-0.2, -0.15) is 0 Å². The van der Waals surface area contributed by atoms with Crippen molar-refractivity contribution in [3.05, 3.63) is 34.1 Å². The molecule has 1 aliphatic rings. The first-order valence-corrected chi connectivity index (χ1v) is 7.51. The standard InChI is InChI=1S/C15H21BrFN/c1-2-11-3-4-15(8-11,10-18)9-12-5-13(16)7-14(17)6-12/h5-7,11H,2-4,8-10,18H2,1H3. The first-order chi connectivity index (χ1) is 8.57. The summed E-state index contributed by atoms with van der Waals surface area (Å²) in [6, 6.07) is 5.16. The van der Waals surface area contributed by atoms with Crippen LogP contribution in [0.15, 0.2) is 22.7 Å². The van der Waals surface area contributed by atoms with Crippen LogP contribution in [0.1, 0.15) is 38.2 Å². The molecule has 0 heterocycles. The number of nitrogens with two attached hydrogens (primary N) is 1. The lowest BCUT2D eigenvalue weighted by atomic mass is 9.79. The van der Waals surface area contributed by atoms with E-state index in [1.165, 1.54) is 31.7 Å². The van der Waals surface area contributed by atoms with Crippen LogP contribution in [0.3, 0.4) is 0 Å². The number of rotatable bonds is 4. The van der Waals surface area contributed by atoms with Crippen LogP contribution in [-0.2, 0) is 6.42 Å². The Hall–Kier alpha value is -0.410. The maximum absolute atomic E-state index is 13.4. The van der Waals surface area contributed by atoms with E-state index in [2.05, 4.69) is 22.9 Å². The van der Waals surface area contributed by atoms with Gasteiger partial charge in [-0.05, 0) is 67.3 Å². The molecule has 0 spiro atoms. The molecule has 18 heavy (non-hydrogen) atoms. The first kappa shape index (κ1) is 14.0. The van der Waals surface area contributed by atoms with E-state index >= 15 is 0 Å². The number of benzene rings is 1. The van der Waals surface area contributed by atoms with Crippen molar-refractivity contribution in [3.8, 4) is 0 Å². The Labute approximate surface area is 117 Å². The molecule has 0 bridgehead atoms. The molecule has 1 saturated carbocycles. The average Bonchev–Trinajstić information content (AvgIpc) is 2.72. The fourth-order valence-electron chi connectivity index (χ4n) is 3.24. The van der Waals surface area contributed by atoms with E-state index in [9.17, 15) is 4.39 Å². The lowest BCUT2D eigenvalue weighted by Crippen LogP contribution is -2.30. The van der Waals surface area contributed by atoms with Gasteiger partial charge in [0.25, 0.3) is 0 Å². The second-order valence-corrected chi connectivity index (χ2v) is 6.59. The number of hydrogen-bond donors (Lipinski definition) is 1. The third-order valence-electron chi connectivity index (χ3n) is 4.32. The van der Waals surface area contributed by atoms with Gasteiger partial charge >= 0.3 is 0 Å². The van der Waals surface area contributed by atoms with Crippen molar-refractivity contribution in [1.29, 1.82) is 0 Å². The molecule has 1 fully saturated rings. The summed E-state index contributed by atoms with van der Waals surface area (Å²) >= 11 is 3.36. The summed E-state index contributed by atoms with van der Waals surface area (Å²) in [5, 5.41) is 0. The molecule has 0 aliphatic heterocycles. The van der Waals surface area contributed by atoms with Crippen LogP contribution in [0.4, 0.5) is 4.39 Å². The molecule has 0 amide bonds. The second kappa shape index (κ2) is 5.70. The van der Waals surface area contributed by atoms with Crippen LogP contribution in [0.2, 0.25) is 0 Å². The van der Waals surface area contributed by atoms with Gasteiger partial charge in [0.05, 0.1) is 0 Å². The van der Waals surface area contributed by atoms with Crippen molar-refractivity contribution in [2.45, 2.75) is 39.0 Å². The van der Waals surface area contributed by atoms with Crippen LogP contribution in [0, 0.1) is 17.2 Å². The summed E-state index contributed by atoms with van der Waals surface area (Å²) < 4.78 is 14.2. The monoisotopic (exact) mass is 313 g/mol. The van der Waals surface area contributed by atoms with Crippen molar-refractivity contribution in [2.75, 3.05) is 6.54 Å². The summed E-state index contributed by atoms with van der Waals surface area (Å²) in [5.74, 6) is 0.627. The largest absolute Gasteiger partial charge is 0.330 e. The molecule has 2 unspecified atom stereocenters. The minimum atomic E-state index is -0.170. The topological polar surface area (TPSA) is 26.0 Å². The third-order valence-corrected chi connectivity index (χ3v) is 4.77. The molecule has 1 aliphatic carbocycles. The maximum Gasteiger partial charge on any atom is 0.124 e. The van der Waals surface area contributed by atoms with Gasteiger partial charge in [0.1, 0.15) is 5.82 Å². The number of hydrogen-bond acceptors (Lipinski definition) is 1. The smallest absolute Gasteiger partial charge is 0.124 e. The van der Waals surface area contributed by atoms with Gasteiger partial charge in [0.15, 0.2) is 0 Å². The van der Waals surface area contributed by atoms with Crippen LogP contribution in [-0.4, -0.2) is 6.54 Å². The van der Waals surface area contributed by atoms with E-state index < -0.39 is 0 Å². The molecule has 0 aromatic heterocycles. The highest BCUT2D eigenvalue weighted by atomic mass is 79.9. The Bertz CT molecular complexity index is 401. The SMILES string of the molecule is CCC1CCC(CN)(Cc2cc(F)cc(Br)c2)C1. The molecule has 100 valence electrons. The van der Waals surface area contributed by atoms with E-state index in [0.29, 0.717) is 6.54 Å². The van der Waals surface area contributed by atoms with Crippen LogP contribution in [0.5, 0.6) is 0 Å². The third kappa shape index (κ3) is 3.12. The molecule has 0 radical (unpaired) electrons. The normalized spacial score (nSPS) is 27.7. The zero-order chi connectivity index (χ0) is 13.2. The van der Waals surface area contributed by atoms with Crippen LogP contribution in [0.25, 0.3) is 0 Å². The highest BCUT2D eigenvalue weighted by Gasteiger charge is 2.37. The number of halogens is 2.